The second-order valence-corrected chi connectivity index (χ2v) is 15.6. The highest BCUT2D eigenvalue weighted by molar-refractivity contribution is 5.86. The molecule has 1 aliphatic carbocycles. The van der Waals surface area contributed by atoms with E-state index in [9.17, 15) is 14.4 Å². The van der Waals surface area contributed by atoms with Crippen LogP contribution < -0.4 is 5.32 Å². The number of rotatable bonds is 8. The van der Waals surface area contributed by atoms with Crippen molar-refractivity contribution in [3.05, 3.63) is 71.4 Å². The molecule has 3 fully saturated rings. The van der Waals surface area contributed by atoms with E-state index in [1.54, 1.807) is 0 Å². The maximum Gasteiger partial charge on any atom is 0.407 e. The molecule has 1 saturated carbocycles. The van der Waals surface area contributed by atoms with Crippen molar-refractivity contribution in [2.45, 2.75) is 84.8 Å². The van der Waals surface area contributed by atoms with Crippen molar-refractivity contribution < 1.29 is 19.1 Å². The van der Waals surface area contributed by atoms with Gasteiger partial charge in [-0.3, -0.25) is 9.59 Å². The number of aromatic amines is 2. The van der Waals surface area contributed by atoms with Gasteiger partial charge in [0, 0.05) is 41.9 Å². The fourth-order valence-electron chi connectivity index (χ4n) is 7.60. The summed E-state index contributed by atoms with van der Waals surface area (Å²) in [5.41, 5.74) is 5.41. The molecule has 4 aromatic rings. The van der Waals surface area contributed by atoms with Gasteiger partial charge in [-0.2, -0.15) is 0 Å². The van der Waals surface area contributed by atoms with Crippen LogP contribution in [0.15, 0.2) is 48.7 Å². The van der Waals surface area contributed by atoms with Gasteiger partial charge in [-0.1, -0.05) is 58.6 Å². The van der Waals surface area contributed by atoms with Crippen LogP contribution >= 0.6 is 0 Å². The minimum Gasteiger partial charge on any atom is -0.453 e. The second kappa shape index (κ2) is 14.1. The van der Waals surface area contributed by atoms with Crippen molar-refractivity contribution in [1.29, 1.82) is 0 Å². The Balaban J connectivity index is 1.04. The normalized spacial score (nSPS) is 20.3. The number of amides is 3. The number of H-pyrrole nitrogens is 2. The van der Waals surface area contributed by atoms with Crippen molar-refractivity contribution in [3.8, 4) is 23.1 Å². The topological polar surface area (TPSA) is 136 Å². The number of aromatic nitrogens is 4. The lowest BCUT2D eigenvalue weighted by molar-refractivity contribution is -0.137. The molecule has 11 heteroatoms. The Bertz CT molecular complexity index is 2030. The molecule has 7 rings (SSSR count). The van der Waals surface area contributed by atoms with Crippen molar-refractivity contribution in [1.82, 2.24) is 35.1 Å². The molecule has 4 heterocycles. The summed E-state index contributed by atoms with van der Waals surface area (Å²) in [5, 5.41) is 2.74. The van der Waals surface area contributed by atoms with Gasteiger partial charge in [0.05, 0.1) is 35.9 Å². The highest BCUT2D eigenvalue weighted by Crippen LogP contribution is 2.58. The zero-order valence-corrected chi connectivity index (χ0v) is 31.0. The number of benzene rings is 2. The lowest BCUT2D eigenvalue weighted by Gasteiger charge is -2.30. The number of nitrogens with zero attached hydrogens (tertiary/aromatic N) is 4. The maximum absolute atomic E-state index is 13.8. The largest absolute Gasteiger partial charge is 0.453 e. The molecular weight excluding hydrogens is 654 g/mol. The first kappa shape index (κ1) is 35.3. The monoisotopic (exact) mass is 703 g/mol. The first-order valence-electron chi connectivity index (χ1n) is 18.6. The van der Waals surface area contributed by atoms with E-state index >= 15 is 0 Å². The number of likely N-dealkylation sites (tertiary alicyclic amines) is 2. The smallest absolute Gasteiger partial charge is 0.407 e. The van der Waals surface area contributed by atoms with E-state index in [2.05, 4.69) is 41.0 Å². The predicted octanol–water partition coefficient (Wildman–Crippen LogP) is 6.74. The summed E-state index contributed by atoms with van der Waals surface area (Å²) in [7, 11) is 1.31. The van der Waals surface area contributed by atoms with Crippen molar-refractivity contribution in [2.75, 3.05) is 20.2 Å². The lowest BCUT2D eigenvalue weighted by Crippen LogP contribution is -2.51. The molecule has 0 bridgehead atoms. The van der Waals surface area contributed by atoms with Crippen LogP contribution in [0.25, 0.3) is 22.3 Å². The summed E-state index contributed by atoms with van der Waals surface area (Å²) in [6.07, 6.45) is 6.21. The van der Waals surface area contributed by atoms with Gasteiger partial charge in [-0.15, -0.1) is 0 Å². The third kappa shape index (κ3) is 7.03. The Morgan fingerprint density at radius 3 is 2.33 bits per heavy atom. The lowest BCUT2D eigenvalue weighted by atomic mass is 9.96. The third-order valence-corrected chi connectivity index (χ3v) is 11.3. The van der Waals surface area contributed by atoms with Crippen molar-refractivity contribution >= 4 is 28.9 Å². The van der Waals surface area contributed by atoms with Gasteiger partial charge in [0.25, 0.3) is 0 Å². The molecule has 2 aromatic carbocycles. The van der Waals surface area contributed by atoms with Gasteiger partial charge in [0.15, 0.2) is 0 Å². The number of carbonyl (C=O) groups is 3. The number of methoxy groups -OCH3 is 1. The third-order valence-electron chi connectivity index (χ3n) is 11.3. The molecule has 0 radical (unpaired) electrons. The predicted molar refractivity (Wildman–Crippen MR) is 199 cm³/mol. The van der Waals surface area contributed by atoms with E-state index < -0.39 is 12.1 Å². The average Bonchev–Trinajstić information content (AvgIpc) is 3.63. The molecule has 272 valence electrons. The first-order chi connectivity index (χ1) is 24.9. The van der Waals surface area contributed by atoms with Crippen LogP contribution in [-0.4, -0.2) is 73.9 Å². The molecule has 3 N–H and O–H groups in total. The molecule has 2 aliphatic heterocycles. The molecule has 2 aromatic heterocycles. The summed E-state index contributed by atoms with van der Waals surface area (Å²) in [5.74, 6) is 8.44. The number of alkyl carbamates (subject to hydrolysis) is 1. The molecule has 1 spiro atoms. The quantitative estimate of drug-likeness (QED) is 0.174. The van der Waals surface area contributed by atoms with Gasteiger partial charge in [0.1, 0.15) is 17.7 Å². The standard InChI is InChI=1S/C41H49N7O4/c1-24(2)26(5)38(49)47-19-7-8-33(47)37-43-30-16-13-28(20-31(30)44-37)10-9-27-11-14-29(15-12-27)32-22-42-36(45-32)34-21-41(17-18-41)23-48(34)39(50)35(25(3)4)46-40(51)52-6/h11-16,20,22,24-26,33-35H,7-8,17-19,21,23H2,1-6H3,(H,42,45)(H,43,44)(H,46,51)/t26-,33-,34-,35-/m0/s1. The van der Waals surface area contributed by atoms with Crippen LogP contribution in [0.3, 0.4) is 0 Å². The van der Waals surface area contributed by atoms with Crippen molar-refractivity contribution in [3.63, 3.8) is 0 Å². The van der Waals surface area contributed by atoms with Crippen LogP contribution in [0.1, 0.15) is 102 Å². The SMILES string of the molecule is COC(=O)N[C@H](C(=O)N1CC2(CC2)C[C@H]1c1nc(-c2ccc(C#Cc3ccc4[nH]c([C@@H]5CCCN5C(=O)[C@@H](C)C(C)C)nc4c3)cc2)c[nH]1)C(C)C. The van der Waals surface area contributed by atoms with E-state index in [1.807, 2.05) is 79.2 Å². The molecule has 3 aliphatic rings. The average molecular weight is 704 g/mol. The van der Waals surface area contributed by atoms with E-state index in [4.69, 9.17) is 14.7 Å². The molecule has 11 nitrogen and oxygen atoms in total. The molecule has 4 atom stereocenters. The summed E-state index contributed by atoms with van der Waals surface area (Å²) in [4.78, 5) is 59.6. The van der Waals surface area contributed by atoms with Crippen LogP contribution in [0.5, 0.6) is 0 Å². The summed E-state index contributed by atoms with van der Waals surface area (Å²) in [6, 6.07) is 13.1. The Morgan fingerprint density at radius 1 is 0.904 bits per heavy atom. The van der Waals surface area contributed by atoms with Gasteiger partial charge in [-0.05, 0) is 79.7 Å². The highest BCUT2D eigenvalue weighted by atomic mass is 16.5. The fraction of sp³-hybridized carbons (Fsp3) is 0.488. The van der Waals surface area contributed by atoms with Gasteiger partial charge < -0.3 is 29.8 Å². The van der Waals surface area contributed by atoms with E-state index in [-0.39, 0.29) is 41.1 Å². The zero-order chi connectivity index (χ0) is 36.7. The van der Waals surface area contributed by atoms with Gasteiger partial charge >= 0.3 is 6.09 Å². The Morgan fingerprint density at radius 2 is 1.63 bits per heavy atom. The summed E-state index contributed by atoms with van der Waals surface area (Å²) >= 11 is 0. The number of ether oxygens (including phenoxy) is 1. The molecule has 52 heavy (non-hydrogen) atoms. The van der Waals surface area contributed by atoms with E-state index in [0.717, 1.165) is 83.7 Å². The van der Waals surface area contributed by atoms with E-state index in [0.29, 0.717) is 12.5 Å². The van der Waals surface area contributed by atoms with Crippen LogP contribution in [0.4, 0.5) is 4.79 Å². The van der Waals surface area contributed by atoms with Crippen molar-refractivity contribution in [2.24, 2.45) is 23.2 Å². The number of carbonyl (C=O) groups excluding carboxylic acids is 3. The minimum absolute atomic E-state index is 0.0189. The Kier molecular flexibility index (Phi) is 9.59. The molecule has 2 saturated heterocycles. The van der Waals surface area contributed by atoms with Crippen LogP contribution in [0, 0.1) is 35.0 Å². The number of nitrogens with one attached hydrogen (secondary N) is 3. The minimum atomic E-state index is -0.677. The molecule has 3 amide bonds. The number of imidazole rings is 2. The number of fused-ring (bicyclic) bond motifs is 1. The van der Waals surface area contributed by atoms with Crippen LogP contribution in [0.2, 0.25) is 0 Å². The van der Waals surface area contributed by atoms with Gasteiger partial charge in [0.2, 0.25) is 11.8 Å². The summed E-state index contributed by atoms with van der Waals surface area (Å²) in [6.45, 7) is 11.5. The highest BCUT2D eigenvalue weighted by Gasteiger charge is 2.55. The fourth-order valence-corrected chi connectivity index (χ4v) is 7.60. The Hall–Kier alpha value is -5.11. The van der Waals surface area contributed by atoms with E-state index in [1.165, 1.54) is 7.11 Å². The first-order valence-corrected chi connectivity index (χ1v) is 18.6. The zero-order valence-electron chi connectivity index (χ0n) is 31.0. The Labute approximate surface area is 305 Å². The number of hydrogen-bond acceptors (Lipinski definition) is 6. The molecule has 0 unspecified atom stereocenters. The van der Waals surface area contributed by atoms with Gasteiger partial charge in [-0.25, -0.2) is 14.8 Å². The van der Waals surface area contributed by atoms with Crippen LogP contribution in [-0.2, 0) is 14.3 Å². The maximum atomic E-state index is 13.8. The second-order valence-electron chi connectivity index (χ2n) is 15.6. The molecular formula is C41H49N7O4. The number of hydrogen-bond donors (Lipinski definition) is 3. The summed E-state index contributed by atoms with van der Waals surface area (Å²) < 4.78 is 4.80.